The van der Waals surface area contributed by atoms with Gasteiger partial charge < -0.3 is 9.88 Å². The van der Waals surface area contributed by atoms with Crippen LogP contribution < -0.4 is 5.32 Å². The molecule has 2 rings (SSSR count). The lowest BCUT2D eigenvalue weighted by molar-refractivity contribution is 0.578. The maximum absolute atomic E-state index is 4.74. The summed E-state index contributed by atoms with van der Waals surface area (Å²) in [6, 6.07) is 7.11. The van der Waals surface area contributed by atoms with Gasteiger partial charge in [-0.2, -0.15) is 0 Å². The van der Waals surface area contributed by atoms with Gasteiger partial charge in [0.1, 0.15) is 5.82 Å². The van der Waals surface area contributed by atoms with Gasteiger partial charge in [-0.05, 0) is 24.1 Å². The summed E-state index contributed by atoms with van der Waals surface area (Å²) in [5, 5.41) is 3.43. The Morgan fingerprint density at radius 3 is 2.78 bits per heavy atom. The monoisotopic (exact) mass is 245 g/mol. The number of hydrogen-bond donors (Lipinski definition) is 1. The van der Waals surface area contributed by atoms with E-state index in [-0.39, 0.29) is 0 Å². The van der Waals surface area contributed by atoms with Crippen molar-refractivity contribution in [3.8, 4) is 0 Å². The second kappa shape index (κ2) is 5.53. The summed E-state index contributed by atoms with van der Waals surface area (Å²) in [4.78, 5) is 4.74. The van der Waals surface area contributed by atoms with Crippen molar-refractivity contribution in [2.75, 3.05) is 6.54 Å². The normalized spacial score (nSPS) is 11.6. The zero-order valence-electron chi connectivity index (χ0n) is 11.8. The van der Waals surface area contributed by atoms with Crippen molar-refractivity contribution in [1.82, 2.24) is 14.9 Å². The Morgan fingerprint density at radius 1 is 1.33 bits per heavy atom. The SMILES string of the molecule is CCc1ccc2c(c1)nc(CCNC(C)C)n2C. The quantitative estimate of drug-likeness (QED) is 0.877. The minimum absolute atomic E-state index is 0.534. The largest absolute Gasteiger partial charge is 0.331 e. The van der Waals surface area contributed by atoms with E-state index in [0.717, 1.165) is 30.7 Å². The number of fused-ring (bicyclic) bond motifs is 1. The highest BCUT2D eigenvalue weighted by molar-refractivity contribution is 5.76. The fourth-order valence-electron chi connectivity index (χ4n) is 2.21. The molecule has 98 valence electrons. The average Bonchev–Trinajstić information content (AvgIpc) is 2.65. The molecular weight excluding hydrogens is 222 g/mol. The molecule has 0 atom stereocenters. The third-order valence-electron chi connectivity index (χ3n) is 3.35. The molecule has 18 heavy (non-hydrogen) atoms. The molecule has 0 unspecified atom stereocenters. The molecule has 0 amide bonds. The lowest BCUT2D eigenvalue weighted by Crippen LogP contribution is -2.25. The van der Waals surface area contributed by atoms with Gasteiger partial charge in [-0.1, -0.05) is 26.8 Å². The van der Waals surface area contributed by atoms with E-state index in [9.17, 15) is 0 Å². The van der Waals surface area contributed by atoms with Crippen LogP contribution in [-0.2, 0) is 19.9 Å². The summed E-state index contributed by atoms with van der Waals surface area (Å²) in [5.41, 5.74) is 3.70. The first-order valence-corrected chi connectivity index (χ1v) is 6.79. The van der Waals surface area contributed by atoms with Crippen LogP contribution in [0, 0.1) is 0 Å². The van der Waals surface area contributed by atoms with Crippen molar-refractivity contribution in [1.29, 1.82) is 0 Å². The number of benzene rings is 1. The average molecular weight is 245 g/mol. The molecule has 1 aromatic carbocycles. The van der Waals surface area contributed by atoms with Crippen LogP contribution in [0.4, 0.5) is 0 Å². The number of nitrogens with one attached hydrogen (secondary N) is 1. The van der Waals surface area contributed by atoms with Crippen molar-refractivity contribution in [3.05, 3.63) is 29.6 Å². The lowest BCUT2D eigenvalue weighted by Gasteiger charge is -2.07. The zero-order chi connectivity index (χ0) is 13.1. The minimum atomic E-state index is 0.534. The predicted octanol–water partition coefficient (Wildman–Crippen LogP) is 2.68. The molecule has 0 bridgehead atoms. The maximum atomic E-state index is 4.74. The molecule has 1 N–H and O–H groups in total. The van der Waals surface area contributed by atoms with Gasteiger partial charge >= 0.3 is 0 Å². The molecule has 0 radical (unpaired) electrons. The Labute approximate surface area is 109 Å². The zero-order valence-corrected chi connectivity index (χ0v) is 11.8. The van der Waals surface area contributed by atoms with Crippen LogP contribution in [0.15, 0.2) is 18.2 Å². The third kappa shape index (κ3) is 2.72. The Morgan fingerprint density at radius 2 is 2.11 bits per heavy atom. The first kappa shape index (κ1) is 13.1. The Bertz CT molecular complexity index is 526. The van der Waals surface area contributed by atoms with Gasteiger partial charge in [0.05, 0.1) is 11.0 Å². The topological polar surface area (TPSA) is 29.9 Å². The standard InChI is InChI=1S/C15H23N3/c1-5-12-6-7-14-13(10-12)17-15(18(14)4)8-9-16-11(2)3/h6-7,10-11,16H,5,8-9H2,1-4H3. The summed E-state index contributed by atoms with van der Waals surface area (Å²) in [6.07, 6.45) is 2.04. The van der Waals surface area contributed by atoms with Crippen molar-refractivity contribution >= 4 is 11.0 Å². The molecule has 0 aliphatic rings. The predicted molar refractivity (Wildman–Crippen MR) is 76.9 cm³/mol. The summed E-state index contributed by atoms with van der Waals surface area (Å²) in [5.74, 6) is 1.16. The third-order valence-corrected chi connectivity index (χ3v) is 3.35. The Balaban J connectivity index is 2.21. The van der Waals surface area contributed by atoms with E-state index in [2.05, 4.69) is 55.9 Å². The summed E-state index contributed by atoms with van der Waals surface area (Å²) >= 11 is 0. The molecule has 0 saturated carbocycles. The number of hydrogen-bond acceptors (Lipinski definition) is 2. The van der Waals surface area contributed by atoms with Gasteiger partial charge in [-0.25, -0.2) is 4.98 Å². The molecule has 1 heterocycles. The Kier molecular flexibility index (Phi) is 4.02. The maximum Gasteiger partial charge on any atom is 0.110 e. The molecular formula is C15H23N3. The first-order chi connectivity index (χ1) is 8.61. The highest BCUT2D eigenvalue weighted by atomic mass is 15.1. The number of rotatable bonds is 5. The van der Waals surface area contributed by atoms with Crippen LogP contribution in [0.3, 0.4) is 0 Å². The number of nitrogens with zero attached hydrogens (tertiary/aromatic N) is 2. The highest BCUT2D eigenvalue weighted by Gasteiger charge is 2.07. The number of aryl methyl sites for hydroxylation is 2. The van der Waals surface area contributed by atoms with E-state index >= 15 is 0 Å². The number of aromatic nitrogens is 2. The first-order valence-electron chi connectivity index (χ1n) is 6.79. The molecule has 1 aromatic heterocycles. The van der Waals surface area contributed by atoms with Crippen LogP contribution in [0.5, 0.6) is 0 Å². The van der Waals surface area contributed by atoms with Crippen molar-refractivity contribution in [2.45, 2.75) is 39.7 Å². The molecule has 0 saturated heterocycles. The van der Waals surface area contributed by atoms with Gasteiger partial charge in [-0.3, -0.25) is 0 Å². The lowest BCUT2D eigenvalue weighted by atomic mass is 10.1. The second-order valence-electron chi connectivity index (χ2n) is 5.12. The second-order valence-corrected chi connectivity index (χ2v) is 5.12. The van der Waals surface area contributed by atoms with Gasteiger partial charge in [0.25, 0.3) is 0 Å². The molecule has 0 aliphatic heterocycles. The van der Waals surface area contributed by atoms with Crippen molar-refractivity contribution < 1.29 is 0 Å². The highest BCUT2D eigenvalue weighted by Crippen LogP contribution is 2.17. The fraction of sp³-hybridized carbons (Fsp3) is 0.533. The van der Waals surface area contributed by atoms with E-state index in [0.29, 0.717) is 6.04 Å². The molecule has 3 nitrogen and oxygen atoms in total. The summed E-state index contributed by atoms with van der Waals surface area (Å²) < 4.78 is 2.21. The molecule has 3 heteroatoms. The van der Waals surface area contributed by atoms with Crippen LogP contribution in [0.2, 0.25) is 0 Å². The molecule has 2 aromatic rings. The van der Waals surface area contributed by atoms with Crippen LogP contribution in [-0.4, -0.2) is 22.1 Å². The van der Waals surface area contributed by atoms with Crippen LogP contribution >= 0.6 is 0 Å². The van der Waals surface area contributed by atoms with Gasteiger partial charge in [0, 0.05) is 26.1 Å². The van der Waals surface area contributed by atoms with Crippen LogP contribution in [0.1, 0.15) is 32.2 Å². The van der Waals surface area contributed by atoms with E-state index in [1.807, 2.05) is 0 Å². The van der Waals surface area contributed by atoms with E-state index in [1.165, 1.54) is 11.1 Å². The molecule has 0 spiro atoms. The van der Waals surface area contributed by atoms with E-state index in [1.54, 1.807) is 0 Å². The van der Waals surface area contributed by atoms with Crippen molar-refractivity contribution in [2.24, 2.45) is 7.05 Å². The summed E-state index contributed by atoms with van der Waals surface area (Å²) in [6.45, 7) is 7.50. The van der Waals surface area contributed by atoms with Gasteiger partial charge in [0.15, 0.2) is 0 Å². The van der Waals surface area contributed by atoms with Gasteiger partial charge in [0.2, 0.25) is 0 Å². The minimum Gasteiger partial charge on any atom is -0.331 e. The van der Waals surface area contributed by atoms with Crippen LogP contribution in [0.25, 0.3) is 11.0 Å². The number of imidazole rings is 1. The fourth-order valence-corrected chi connectivity index (χ4v) is 2.21. The Hall–Kier alpha value is -1.35. The van der Waals surface area contributed by atoms with Crippen molar-refractivity contribution in [3.63, 3.8) is 0 Å². The van der Waals surface area contributed by atoms with E-state index in [4.69, 9.17) is 4.98 Å². The summed E-state index contributed by atoms with van der Waals surface area (Å²) in [7, 11) is 2.10. The molecule has 0 aliphatic carbocycles. The van der Waals surface area contributed by atoms with Gasteiger partial charge in [-0.15, -0.1) is 0 Å². The smallest absolute Gasteiger partial charge is 0.110 e. The van der Waals surface area contributed by atoms with E-state index < -0.39 is 0 Å². The molecule has 0 fully saturated rings.